The van der Waals surface area contributed by atoms with Crippen LogP contribution in [0.4, 0.5) is 0 Å². The lowest BCUT2D eigenvalue weighted by molar-refractivity contribution is 0.0892. The molecule has 5 atom stereocenters. The van der Waals surface area contributed by atoms with Gasteiger partial charge in [-0.3, -0.25) is 10.2 Å². The molecule has 0 spiro atoms. The molecule has 0 aromatic heterocycles. The molecule has 3 N–H and O–H groups in total. The molecule has 3 nitrogen and oxygen atoms in total. The quantitative estimate of drug-likeness (QED) is 0.661. The van der Waals surface area contributed by atoms with Crippen molar-refractivity contribution < 1.29 is 0 Å². The minimum absolute atomic E-state index is 0.310. The van der Waals surface area contributed by atoms with Crippen LogP contribution in [0.1, 0.15) is 25.7 Å². The number of hydrogen-bond acceptors (Lipinski definition) is 3. The Kier molecular flexibility index (Phi) is 3.56. The first-order valence-electron chi connectivity index (χ1n) is 5.90. The predicted octanol–water partition coefficient (Wildman–Crippen LogP) is 0.971. The molecule has 4 heteroatoms. The fraction of sp³-hybridized carbons (Fsp3) is 1.00. The average Bonchev–Trinajstić information content (AvgIpc) is 2.18. The van der Waals surface area contributed by atoms with Gasteiger partial charge in [-0.1, -0.05) is 0 Å². The van der Waals surface area contributed by atoms with Gasteiger partial charge in [0.1, 0.15) is 0 Å². The highest BCUT2D eigenvalue weighted by molar-refractivity contribution is 6.20. The standard InChI is InChI=1S/C11H22ClN3/c1-15(2)11-6-9(13)8-5-7(12)3-4-10(8)14-11/h7-11,14H,3-6,13H2,1-2H3. The third-order valence-corrected chi connectivity index (χ3v) is 4.31. The average molecular weight is 232 g/mol. The van der Waals surface area contributed by atoms with E-state index in [2.05, 4.69) is 24.3 Å². The number of hydrogen-bond donors (Lipinski definition) is 2. The molecule has 1 saturated carbocycles. The van der Waals surface area contributed by atoms with Crippen molar-refractivity contribution in [2.24, 2.45) is 11.7 Å². The van der Waals surface area contributed by atoms with E-state index in [-0.39, 0.29) is 0 Å². The third-order valence-electron chi connectivity index (χ3n) is 3.91. The lowest BCUT2D eigenvalue weighted by Gasteiger charge is -2.47. The molecule has 2 rings (SSSR count). The molecule has 2 aliphatic rings. The molecule has 0 aromatic carbocycles. The van der Waals surface area contributed by atoms with Crippen LogP contribution in [0.2, 0.25) is 0 Å². The number of halogens is 1. The van der Waals surface area contributed by atoms with E-state index in [9.17, 15) is 0 Å². The monoisotopic (exact) mass is 231 g/mol. The summed E-state index contributed by atoms with van der Waals surface area (Å²) in [6.45, 7) is 0. The second kappa shape index (κ2) is 4.58. The van der Waals surface area contributed by atoms with E-state index in [1.807, 2.05) is 0 Å². The SMILES string of the molecule is CN(C)C1CC(N)C2CC(Cl)CCC2N1. The van der Waals surface area contributed by atoms with Gasteiger partial charge < -0.3 is 5.73 Å². The Morgan fingerprint density at radius 1 is 1.27 bits per heavy atom. The van der Waals surface area contributed by atoms with Gasteiger partial charge in [0.25, 0.3) is 0 Å². The van der Waals surface area contributed by atoms with Crippen molar-refractivity contribution in [2.45, 2.75) is 49.3 Å². The van der Waals surface area contributed by atoms with E-state index in [1.165, 1.54) is 6.42 Å². The molecule has 2 fully saturated rings. The van der Waals surface area contributed by atoms with E-state index in [0.717, 1.165) is 19.3 Å². The van der Waals surface area contributed by atoms with Crippen LogP contribution in [0.25, 0.3) is 0 Å². The Balaban J connectivity index is 2.01. The van der Waals surface area contributed by atoms with Crippen LogP contribution in [0.15, 0.2) is 0 Å². The maximum absolute atomic E-state index is 6.25. The summed E-state index contributed by atoms with van der Waals surface area (Å²) in [6.07, 6.45) is 4.87. The summed E-state index contributed by atoms with van der Waals surface area (Å²) in [7, 11) is 4.22. The summed E-state index contributed by atoms with van der Waals surface area (Å²) >= 11 is 6.21. The van der Waals surface area contributed by atoms with Gasteiger partial charge in [-0.2, -0.15) is 0 Å². The van der Waals surface area contributed by atoms with Crippen molar-refractivity contribution in [3.63, 3.8) is 0 Å². The van der Waals surface area contributed by atoms with Crippen LogP contribution in [0.5, 0.6) is 0 Å². The second-order valence-electron chi connectivity index (χ2n) is 5.23. The highest BCUT2D eigenvalue weighted by Crippen LogP contribution is 2.34. The van der Waals surface area contributed by atoms with E-state index >= 15 is 0 Å². The first-order chi connectivity index (χ1) is 7.08. The van der Waals surface area contributed by atoms with Crippen molar-refractivity contribution in [1.29, 1.82) is 0 Å². The zero-order valence-corrected chi connectivity index (χ0v) is 10.4. The molecule has 1 aliphatic carbocycles. The molecular formula is C11H22ClN3. The first kappa shape index (κ1) is 11.6. The van der Waals surface area contributed by atoms with Crippen molar-refractivity contribution in [1.82, 2.24) is 10.2 Å². The maximum Gasteiger partial charge on any atom is 0.0609 e. The molecule has 1 heterocycles. The number of fused-ring (bicyclic) bond motifs is 1. The molecule has 1 saturated heterocycles. The largest absolute Gasteiger partial charge is 0.327 e. The van der Waals surface area contributed by atoms with Crippen molar-refractivity contribution in [3.8, 4) is 0 Å². The van der Waals surface area contributed by atoms with Crippen molar-refractivity contribution >= 4 is 11.6 Å². The van der Waals surface area contributed by atoms with Gasteiger partial charge in [-0.15, -0.1) is 11.6 Å². The summed E-state index contributed by atoms with van der Waals surface area (Å²) in [6, 6.07) is 0.890. The van der Waals surface area contributed by atoms with Gasteiger partial charge >= 0.3 is 0 Å². The van der Waals surface area contributed by atoms with Gasteiger partial charge in [-0.05, 0) is 45.7 Å². The fourth-order valence-electron chi connectivity index (χ4n) is 2.94. The zero-order valence-electron chi connectivity index (χ0n) is 9.62. The van der Waals surface area contributed by atoms with Crippen molar-refractivity contribution in [2.75, 3.05) is 14.1 Å². The molecule has 0 bridgehead atoms. The van der Waals surface area contributed by atoms with Crippen molar-refractivity contribution in [3.05, 3.63) is 0 Å². The van der Waals surface area contributed by atoms with E-state index in [1.54, 1.807) is 0 Å². The Hall–Kier alpha value is 0.170. The van der Waals surface area contributed by atoms with Crippen LogP contribution < -0.4 is 11.1 Å². The molecule has 88 valence electrons. The number of nitrogens with one attached hydrogen (secondary N) is 1. The van der Waals surface area contributed by atoms with E-state index in [4.69, 9.17) is 17.3 Å². The lowest BCUT2D eigenvalue weighted by Crippen LogP contribution is -2.62. The topological polar surface area (TPSA) is 41.3 Å². The van der Waals surface area contributed by atoms with Gasteiger partial charge in [0.2, 0.25) is 0 Å². The Morgan fingerprint density at radius 3 is 2.67 bits per heavy atom. The summed E-state index contributed by atoms with van der Waals surface area (Å²) in [4.78, 5) is 2.23. The zero-order chi connectivity index (χ0) is 11.0. The lowest BCUT2D eigenvalue weighted by atomic mass is 9.75. The highest BCUT2D eigenvalue weighted by atomic mass is 35.5. The summed E-state index contributed by atoms with van der Waals surface area (Å²) in [5, 5.41) is 4.04. The molecule has 0 radical (unpaired) electrons. The van der Waals surface area contributed by atoms with Crippen LogP contribution in [-0.4, -0.2) is 42.6 Å². The summed E-state index contributed by atoms with van der Waals surface area (Å²) < 4.78 is 0. The Bertz CT molecular complexity index is 222. The van der Waals surface area contributed by atoms with Gasteiger partial charge in [0.15, 0.2) is 0 Å². The molecule has 0 aromatic rings. The van der Waals surface area contributed by atoms with Gasteiger partial charge in [0.05, 0.1) is 6.17 Å². The first-order valence-corrected chi connectivity index (χ1v) is 6.33. The van der Waals surface area contributed by atoms with Gasteiger partial charge in [-0.25, -0.2) is 0 Å². The predicted molar refractivity (Wildman–Crippen MR) is 64.0 cm³/mol. The smallest absolute Gasteiger partial charge is 0.0609 e. The Labute approximate surface area is 97.3 Å². The molecular weight excluding hydrogens is 210 g/mol. The summed E-state index contributed by atoms with van der Waals surface area (Å²) in [5.74, 6) is 0.581. The highest BCUT2D eigenvalue weighted by Gasteiger charge is 2.39. The van der Waals surface area contributed by atoms with Crippen LogP contribution in [0, 0.1) is 5.92 Å². The van der Waals surface area contributed by atoms with Crippen LogP contribution in [0.3, 0.4) is 0 Å². The maximum atomic E-state index is 6.25. The molecule has 0 amide bonds. The van der Waals surface area contributed by atoms with E-state index < -0.39 is 0 Å². The normalized spacial score (nSPS) is 46.6. The number of nitrogens with two attached hydrogens (primary N) is 1. The number of piperidine rings is 1. The molecule has 1 aliphatic heterocycles. The van der Waals surface area contributed by atoms with Crippen LogP contribution in [-0.2, 0) is 0 Å². The minimum Gasteiger partial charge on any atom is -0.327 e. The number of nitrogens with zero attached hydrogens (tertiary/aromatic N) is 1. The minimum atomic E-state index is 0.310. The summed E-state index contributed by atoms with van der Waals surface area (Å²) in [5.41, 5.74) is 6.25. The fourth-order valence-corrected chi connectivity index (χ4v) is 3.27. The Morgan fingerprint density at radius 2 is 2.00 bits per heavy atom. The third kappa shape index (κ3) is 2.47. The second-order valence-corrected chi connectivity index (χ2v) is 5.84. The van der Waals surface area contributed by atoms with E-state index in [0.29, 0.717) is 29.5 Å². The molecule has 15 heavy (non-hydrogen) atoms. The number of alkyl halides is 1. The molecule has 5 unspecified atom stereocenters. The van der Waals surface area contributed by atoms with Gasteiger partial charge in [0, 0.05) is 17.5 Å². The van der Waals surface area contributed by atoms with Crippen LogP contribution >= 0.6 is 11.6 Å². The number of rotatable bonds is 1.